The fourth-order valence-corrected chi connectivity index (χ4v) is 4.47. The molecular weight excluding hydrogens is 562 g/mol. The van der Waals surface area contributed by atoms with E-state index in [4.69, 9.17) is 4.74 Å². The van der Waals surface area contributed by atoms with Crippen LogP contribution in [0.25, 0.3) is 16.7 Å². The van der Waals surface area contributed by atoms with E-state index in [0.29, 0.717) is 12.1 Å². The lowest BCUT2D eigenvalue weighted by molar-refractivity contribution is -0.173. The lowest BCUT2D eigenvalue weighted by Crippen LogP contribution is -2.47. The van der Waals surface area contributed by atoms with Gasteiger partial charge in [-0.05, 0) is 39.0 Å². The van der Waals surface area contributed by atoms with E-state index in [1.165, 1.54) is 20.8 Å². The number of esters is 1. The Balaban J connectivity index is 1.86. The highest BCUT2D eigenvalue weighted by atomic mass is 19.4. The minimum atomic E-state index is -4.81. The quantitative estimate of drug-likeness (QED) is 0.355. The second-order valence-electron chi connectivity index (χ2n) is 10.3. The van der Waals surface area contributed by atoms with E-state index in [-0.39, 0.29) is 0 Å². The fourth-order valence-electron chi connectivity index (χ4n) is 4.47. The predicted molar refractivity (Wildman–Crippen MR) is 133 cm³/mol. The van der Waals surface area contributed by atoms with E-state index >= 15 is 4.39 Å². The van der Waals surface area contributed by atoms with Crippen LogP contribution >= 0.6 is 0 Å². The number of amides is 1. The van der Waals surface area contributed by atoms with Crippen molar-refractivity contribution in [2.75, 3.05) is 25.1 Å². The third-order valence-corrected chi connectivity index (χ3v) is 6.23. The van der Waals surface area contributed by atoms with Crippen molar-refractivity contribution in [3.63, 3.8) is 0 Å². The molecule has 2 atom stereocenters. The molecule has 9 nitrogen and oxygen atoms in total. The first-order valence-electron chi connectivity index (χ1n) is 12.1. The van der Waals surface area contributed by atoms with Gasteiger partial charge in [-0.25, -0.2) is 27.7 Å². The Bertz CT molecular complexity index is 1580. The number of aromatic nitrogens is 2. The van der Waals surface area contributed by atoms with Crippen molar-refractivity contribution in [3.8, 4) is 5.69 Å². The Morgan fingerprint density at radius 2 is 1.73 bits per heavy atom. The molecule has 1 aliphatic rings. The van der Waals surface area contributed by atoms with Crippen LogP contribution in [0.5, 0.6) is 0 Å². The number of pyridine rings is 2. The van der Waals surface area contributed by atoms with Gasteiger partial charge >= 0.3 is 18.2 Å². The van der Waals surface area contributed by atoms with Crippen LogP contribution in [0.2, 0.25) is 0 Å². The Kier molecular flexibility index (Phi) is 7.67. The summed E-state index contributed by atoms with van der Waals surface area (Å²) in [5.74, 6) is -7.23. The minimum Gasteiger partial charge on any atom is -0.465 e. The van der Waals surface area contributed by atoms with Gasteiger partial charge in [0.15, 0.2) is 17.3 Å². The molecule has 1 amide bonds. The number of carbonyl (C=O) groups is 2. The topological polar surface area (TPSA) is 103 Å². The van der Waals surface area contributed by atoms with Crippen LogP contribution in [0.15, 0.2) is 35.3 Å². The van der Waals surface area contributed by atoms with Gasteiger partial charge in [-0.2, -0.15) is 13.2 Å². The summed E-state index contributed by atoms with van der Waals surface area (Å²) < 4.78 is 96.0. The molecule has 0 radical (unpaired) electrons. The van der Waals surface area contributed by atoms with E-state index in [2.05, 4.69) is 15.0 Å². The average Bonchev–Trinajstić information content (AvgIpc) is 3.27. The summed E-state index contributed by atoms with van der Waals surface area (Å²) in [5, 5.41) is 1.65. The smallest absolute Gasteiger partial charge is 0.407 e. The summed E-state index contributed by atoms with van der Waals surface area (Å²) in [7, 11) is 0.975. The van der Waals surface area contributed by atoms with Gasteiger partial charge in [0.2, 0.25) is 5.43 Å². The number of benzene rings is 1. The molecule has 220 valence electrons. The molecule has 1 fully saturated rings. The summed E-state index contributed by atoms with van der Waals surface area (Å²) in [5.41, 5.74) is -3.49. The Morgan fingerprint density at radius 3 is 2.32 bits per heavy atom. The van der Waals surface area contributed by atoms with Gasteiger partial charge in [-0.3, -0.25) is 9.36 Å². The molecule has 1 N–H and O–H groups in total. The first-order valence-corrected chi connectivity index (χ1v) is 12.1. The third kappa shape index (κ3) is 6.07. The number of carbonyl (C=O) groups excluding carboxylic acids is 2. The van der Waals surface area contributed by atoms with Crippen molar-refractivity contribution >= 4 is 28.9 Å². The first-order chi connectivity index (χ1) is 19.0. The van der Waals surface area contributed by atoms with Crippen LogP contribution in [0.4, 0.5) is 37.0 Å². The summed E-state index contributed by atoms with van der Waals surface area (Å²) in [4.78, 5) is 42.5. The fraction of sp³-hybridized carbons (Fsp3) is 0.385. The van der Waals surface area contributed by atoms with Gasteiger partial charge in [-0.15, -0.1) is 0 Å². The van der Waals surface area contributed by atoms with Gasteiger partial charge in [0.1, 0.15) is 22.8 Å². The molecule has 1 aliphatic heterocycles. The van der Waals surface area contributed by atoms with E-state index < -0.39 is 99.9 Å². The van der Waals surface area contributed by atoms with Crippen LogP contribution in [-0.2, 0) is 9.47 Å². The van der Waals surface area contributed by atoms with E-state index in [9.17, 15) is 36.3 Å². The highest BCUT2D eigenvalue weighted by molar-refractivity contribution is 5.93. The number of fused-ring (bicyclic) bond motifs is 1. The molecule has 0 spiro atoms. The number of nitrogens with zero attached hydrogens (tertiary/aromatic N) is 3. The molecule has 0 saturated carbocycles. The number of alkyl carbamates (subject to hydrolysis) is 1. The maximum absolute atomic E-state index is 15.4. The zero-order chi connectivity index (χ0) is 30.4. The van der Waals surface area contributed by atoms with Crippen LogP contribution in [0.3, 0.4) is 0 Å². The Morgan fingerprint density at radius 1 is 1.05 bits per heavy atom. The maximum Gasteiger partial charge on any atom is 0.407 e. The second-order valence-corrected chi connectivity index (χ2v) is 10.3. The molecule has 2 aromatic heterocycles. The molecule has 1 aromatic carbocycles. The van der Waals surface area contributed by atoms with Gasteiger partial charge in [0, 0.05) is 25.4 Å². The number of hydrogen-bond donors (Lipinski definition) is 1. The molecule has 0 bridgehead atoms. The lowest BCUT2D eigenvalue weighted by atomic mass is 10.0. The molecule has 0 unspecified atom stereocenters. The van der Waals surface area contributed by atoms with Crippen molar-refractivity contribution in [1.29, 1.82) is 0 Å². The standard InChI is InChI=1S/C26H24F6N4O5/c1-25(2,3)41-24(39)33-18-11-35(10-15(18)26(30,31)32)22-17(29)8-13-20(37)14(23(38)40-4)9-36(21(13)34-22)19-6-5-12(27)7-16(19)28/h5-9,15,18H,10-11H2,1-4H3,(H,33,39)/t15-,18-/m0/s1. The number of rotatable bonds is 4. The zero-order valence-electron chi connectivity index (χ0n) is 22.1. The van der Waals surface area contributed by atoms with Crippen molar-refractivity contribution in [1.82, 2.24) is 14.9 Å². The lowest BCUT2D eigenvalue weighted by Gasteiger charge is -2.25. The third-order valence-electron chi connectivity index (χ3n) is 6.23. The van der Waals surface area contributed by atoms with Crippen LogP contribution < -0.4 is 15.6 Å². The predicted octanol–water partition coefficient (Wildman–Crippen LogP) is 4.48. The molecule has 0 aliphatic carbocycles. The zero-order valence-corrected chi connectivity index (χ0v) is 22.1. The number of halogens is 6. The van der Waals surface area contributed by atoms with Crippen molar-refractivity contribution in [2.24, 2.45) is 5.92 Å². The van der Waals surface area contributed by atoms with Crippen LogP contribution in [0, 0.1) is 23.4 Å². The number of hydrogen-bond acceptors (Lipinski definition) is 7. The highest BCUT2D eigenvalue weighted by Crippen LogP contribution is 2.37. The second kappa shape index (κ2) is 10.6. The summed E-state index contributed by atoms with van der Waals surface area (Å²) in [6.07, 6.45) is -5.06. The number of alkyl halides is 3. The van der Waals surface area contributed by atoms with Crippen LogP contribution in [0.1, 0.15) is 31.1 Å². The molecule has 3 aromatic rings. The summed E-state index contributed by atoms with van der Waals surface area (Å²) in [6.45, 7) is 3.21. The maximum atomic E-state index is 15.4. The summed E-state index contributed by atoms with van der Waals surface area (Å²) in [6, 6.07) is 1.47. The van der Waals surface area contributed by atoms with Gasteiger partial charge in [-0.1, -0.05) is 0 Å². The van der Waals surface area contributed by atoms with E-state index in [1.54, 1.807) is 0 Å². The van der Waals surface area contributed by atoms with Gasteiger partial charge in [0.25, 0.3) is 0 Å². The highest BCUT2D eigenvalue weighted by Gasteiger charge is 2.51. The van der Waals surface area contributed by atoms with Crippen molar-refractivity contribution < 1.29 is 45.4 Å². The number of anilines is 1. The number of nitrogens with one attached hydrogen (secondary N) is 1. The number of methoxy groups -OCH3 is 1. The SMILES string of the molecule is COC(=O)c1cn(-c2ccc(F)cc2F)c2nc(N3C[C@H](NC(=O)OC(C)(C)C)[C@@H](C(F)(F)F)C3)c(F)cc2c1=O. The molecule has 41 heavy (non-hydrogen) atoms. The minimum absolute atomic E-state index is 0.398. The first kappa shape index (κ1) is 29.7. The Hall–Kier alpha value is -4.30. The van der Waals surface area contributed by atoms with Crippen LogP contribution in [-0.4, -0.2) is 59.6 Å². The Labute approximate surface area is 228 Å². The summed E-state index contributed by atoms with van der Waals surface area (Å²) >= 11 is 0. The normalized spacial score (nSPS) is 17.6. The largest absolute Gasteiger partial charge is 0.465 e. The van der Waals surface area contributed by atoms with E-state index in [0.717, 1.165) is 34.9 Å². The van der Waals surface area contributed by atoms with Crippen molar-refractivity contribution in [2.45, 2.75) is 38.6 Å². The molecule has 1 saturated heterocycles. The molecule has 4 rings (SSSR count). The monoisotopic (exact) mass is 586 g/mol. The average molecular weight is 586 g/mol. The molecule has 3 heterocycles. The van der Waals surface area contributed by atoms with Gasteiger partial charge < -0.3 is 19.7 Å². The molecule has 15 heteroatoms. The number of ether oxygens (including phenoxy) is 2. The van der Waals surface area contributed by atoms with E-state index in [1.807, 2.05) is 0 Å². The van der Waals surface area contributed by atoms with Gasteiger partial charge in [0.05, 0.1) is 30.1 Å². The van der Waals surface area contributed by atoms with Crippen molar-refractivity contribution in [3.05, 3.63) is 63.7 Å². The molecular formula is C26H24F6N4O5.